The van der Waals surface area contributed by atoms with Crippen LogP contribution in [0.5, 0.6) is 0 Å². The lowest BCUT2D eigenvalue weighted by Gasteiger charge is -2.22. The van der Waals surface area contributed by atoms with Crippen molar-refractivity contribution in [2.45, 2.75) is 26.9 Å². The molecule has 0 N–H and O–H groups in total. The summed E-state index contributed by atoms with van der Waals surface area (Å²) in [5, 5.41) is 15.4. The summed E-state index contributed by atoms with van der Waals surface area (Å²) in [5.74, 6) is -0.0676. The molecule has 0 radical (unpaired) electrons. The average molecular weight is 395 g/mol. The number of carbonyl (C=O) groups excluding carboxylic acids is 1. The molecule has 4 rings (SSSR count). The third kappa shape index (κ3) is 3.48. The van der Waals surface area contributed by atoms with E-state index in [0.717, 1.165) is 26.9 Å². The van der Waals surface area contributed by atoms with Crippen molar-refractivity contribution in [3.63, 3.8) is 0 Å². The van der Waals surface area contributed by atoms with Crippen molar-refractivity contribution >= 4 is 33.8 Å². The van der Waals surface area contributed by atoms with Crippen LogP contribution < -0.4 is 0 Å². The Kier molecular flexibility index (Phi) is 5.06. The van der Waals surface area contributed by atoms with Crippen LogP contribution in [-0.4, -0.2) is 44.6 Å². The van der Waals surface area contributed by atoms with Crippen molar-refractivity contribution in [2.24, 2.45) is 0 Å². The summed E-state index contributed by atoms with van der Waals surface area (Å²) in [4.78, 5) is 15.6. The first-order chi connectivity index (χ1) is 13.6. The number of aromatic nitrogens is 4. The number of hydrogen-bond acceptors (Lipinski definition) is 6. The zero-order valence-electron chi connectivity index (χ0n) is 16.0. The van der Waals surface area contributed by atoms with Gasteiger partial charge in [0.15, 0.2) is 5.65 Å². The van der Waals surface area contributed by atoms with Crippen LogP contribution >= 0.6 is 11.3 Å². The summed E-state index contributed by atoms with van der Waals surface area (Å²) in [6.45, 7) is 5.10. The molecule has 0 aliphatic carbocycles. The number of rotatable bonds is 6. The number of carbonyl (C=O) groups is 1. The van der Waals surface area contributed by atoms with Gasteiger partial charge >= 0.3 is 0 Å². The van der Waals surface area contributed by atoms with Crippen molar-refractivity contribution in [2.75, 3.05) is 13.7 Å². The number of aryl methyl sites for hydroxylation is 2. The number of hydrogen-bond donors (Lipinski definition) is 0. The Morgan fingerprint density at radius 2 is 2.11 bits per heavy atom. The summed E-state index contributed by atoms with van der Waals surface area (Å²) in [6, 6.07) is 10.3. The number of ether oxygens (including phenoxy) is 1. The minimum absolute atomic E-state index is 0.0401. The number of methoxy groups -OCH3 is 1. The summed E-state index contributed by atoms with van der Waals surface area (Å²) in [6.07, 6.45) is 0. The van der Waals surface area contributed by atoms with Crippen LogP contribution in [0.15, 0.2) is 35.7 Å². The van der Waals surface area contributed by atoms with E-state index in [-0.39, 0.29) is 12.5 Å². The standard InChI is InChI=1S/C20H21N5O2S/c1-13-7-14(2)19-15(8-13)9-16(20-21-22-23-25(19)20)10-24(18(26)12-27-3)11-17-5-4-6-28-17/h4-9H,10-12H2,1-3H3. The minimum Gasteiger partial charge on any atom is -0.375 e. The van der Waals surface area contributed by atoms with Gasteiger partial charge in [0.25, 0.3) is 0 Å². The van der Waals surface area contributed by atoms with Crippen molar-refractivity contribution in [1.29, 1.82) is 0 Å². The smallest absolute Gasteiger partial charge is 0.249 e. The van der Waals surface area contributed by atoms with Gasteiger partial charge in [0.1, 0.15) is 6.61 Å². The maximum atomic E-state index is 12.7. The lowest BCUT2D eigenvalue weighted by molar-refractivity contribution is -0.136. The van der Waals surface area contributed by atoms with Crippen molar-refractivity contribution < 1.29 is 9.53 Å². The maximum Gasteiger partial charge on any atom is 0.249 e. The van der Waals surface area contributed by atoms with Gasteiger partial charge in [-0.05, 0) is 53.4 Å². The topological polar surface area (TPSA) is 72.6 Å². The van der Waals surface area contributed by atoms with Crippen LogP contribution in [0.1, 0.15) is 21.6 Å². The number of pyridine rings is 1. The highest BCUT2D eigenvalue weighted by molar-refractivity contribution is 7.09. The van der Waals surface area contributed by atoms with Gasteiger partial charge < -0.3 is 9.64 Å². The molecule has 1 aromatic carbocycles. The molecule has 3 heterocycles. The summed E-state index contributed by atoms with van der Waals surface area (Å²) >= 11 is 1.63. The third-order valence-electron chi connectivity index (χ3n) is 4.68. The number of nitrogens with zero attached hydrogens (tertiary/aromatic N) is 5. The SMILES string of the molecule is COCC(=O)N(Cc1cccs1)Cc1cc2cc(C)cc(C)c2n2nnnc12. The number of tetrazole rings is 1. The van der Waals surface area contributed by atoms with Gasteiger partial charge in [-0.2, -0.15) is 4.52 Å². The summed E-state index contributed by atoms with van der Waals surface area (Å²) in [5.41, 5.74) is 4.85. The first kappa shape index (κ1) is 18.5. The molecule has 1 amide bonds. The third-order valence-corrected chi connectivity index (χ3v) is 5.54. The van der Waals surface area contributed by atoms with E-state index in [0.29, 0.717) is 18.7 Å². The largest absolute Gasteiger partial charge is 0.375 e. The molecule has 3 aromatic heterocycles. The van der Waals surface area contributed by atoms with E-state index in [4.69, 9.17) is 4.74 Å². The molecule has 0 unspecified atom stereocenters. The second-order valence-corrected chi connectivity index (χ2v) is 7.90. The lowest BCUT2D eigenvalue weighted by atomic mass is 10.0. The molecule has 0 saturated heterocycles. The molecule has 0 aliphatic heterocycles. The quantitative estimate of drug-likeness (QED) is 0.502. The highest BCUT2D eigenvalue weighted by Crippen LogP contribution is 2.25. The number of amides is 1. The fourth-order valence-corrected chi connectivity index (χ4v) is 4.26. The number of benzene rings is 1. The van der Waals surface area contributed by atoms with Crippen LogP contribution in [0, 0.1) is 13.8 Å². The van der Waals surface area contributed by atoms with E-state index in [1.165, 1.54) is 12.7 Å². The molecule has 144 valence electrons. The summed E-state index contributed by atoms with van der Waals surface area (Å²) in [7, 11) is 1.53. The highest BCUT2D eigenvalue weighted by Gasteiger charge is 2.19. The van der Waals surface area contributed by atoms with Gasteiger partial charge in [-0.3, -0.25) is 4.79 Å². The second kappa shape index (κ2) is 7.65. The van der Waals surface area contributed by atoms with E-state index in [2.05, 4.69) is 47.6 Å². The monoisotopic (exact) mass is 395 g/mol. The van der Waals surface area contributed by atoms with Crippen LogP contribution in [0.4, 0.5) is 0 Å². The maximum absolute atomic E-state index is 12.7. The van der Waals surface area contributed by atoms with E-state index < -0.39 is 0 Å². The fraction of sp³-hybridized carbons (Fsp3) is 0.300. The highest BCUT2D eigenvalue weighted by atomic mass is 32.1. The molecular formula is C20H21N5O2S. The van der Waals surface area contributed by atoms with Crippen LogP contribution in [0.3, 0.4) is 0 Å². The Morgan fingerprint density at radius 1 is 1.25 bits per heavy atom. The van der Waals surface area contributed by atoms with Crippen molar-refractivity contribution in [1.82, 2.24) is 24.9 Å². The second-order valence-electron chi connectivity index (χ2n) is 6.87. The molecule has 0 bridgehead atoms. The lowest BCUT2D eigenvalue weighted by Crippen LogP contribution is -2.32. The van der Waals surface area contributed by atoms with Gasteiger partial charge in [0, 0.05) is 29.5 Å². The number of fused-ring (bicyclic) bond motifs is 3. The van der Waals surface area contributed by atoms with Gasteiger partial charge in [0.2, 0.25) is 5.91 Å². The first-order valence-corrected chi connectivity index (χ1v) is 9.85. The molecule has 8 heteroatoms. The Hall–Kier alpha value is -2.84. The zero-order chi connectivity index (χ0) is 19.7. The zero-order valence-corrected chi connectivity index (χ0v) is 16.9. The minimum atomic E-state index is -0.0676. The Balaban J connectivity index is 1.79. The van der Waals surface area contributed by atoms with Gasteiger partial charge in [-0.25, -0.2) is 0 Å². The van der Waals surface area contributed by atoms with Crippen LogP contribution in [0.2, 0.25) is 0 Å². The number of thiophene rings is 1. The molecule has 4 aromatic rings. The van der Waals surface area contributed by atoms with Gasteiger partial charge in [-0.15, -0.1) is 16.4 Å². The van der Waals surface area contributed by atoms with Gasteiger partial charge in [-0.1, -0.05) is 17.7 Å². The summed E-state index contributed by atoms with van der Waals surface area (Å²) < 4.78 is 6.85. The molecule has 0 saturated carbocycles. The van der Waals surface area contributed by atoms with Crippen molar-refractivity contribution in [3.05, 3.63) is 57.3 Å². The Labute approximate surface area is 166 Å². The first-order valence-electron chi connectivity index (χ1n) is 8.97. The molecule has 0 aliphatic rings. The van der Waals surface area contributed by atoms with Gasteiger partial charge in [0.05, 0.1) is 12.1 Å². The van der Waals surface area contributed by atoms with Crippen LogP contribution in [0.25, 0.3) is 16.6 Å². The normalized spacial score (nSPS) is 11.4. The fourth-order valence-electron chi connectivity index (χ4n) is 3.54. The van der Waals surface area contributed by atoms with Crippen molar-refractivity contribution in [3.8, 4) is 0 Å². The molecule has 7 nitrogen and oxygen atoms in total. The van der Waals surface area contributed by atoms with E-state index in [9.17, 15) is 4.79 Å². The average Bonchev–Trinajstić information content (AvgIpc) is 3.32. The van der Waals surface area contributed by atoms with E-state index in [1.54, 1.807) is 20.8 Å². The van der Waals surface area contributed by atoms with E-state index in [1.807, 2.05) is 17.5 Å². The molecule has 0 fully saturated rings. The molecule has 0 atom stereocenters. The predicted octanol–water partition coefficient (Wildman–Crippen LogP) is 3.13. The molecule has 28 heavy (non-hydrogen) atoms. The van der Waals surface area contributed by atoms with E-state index >= 15 is 0 Å². The Morgan fingerprint density at radius 3 is 2.86 bits per heavy atom. The molecule has 0 spiro atoms. The Bertz CT molecular complexity index is 1140. The van der Waals surface area contributed by atoms with Crippen LogP contribution in [-0.2, 0) is 22.6 Å². The predicted molar refractivity (Wildman–Crippen MR) is 108 cm³/mol. The molecular weight excluding hydrogens is 374 g/mol.